The Labute approximate surface area is 131 Å². The van der Waals surface area contributed by atoms with E-state index in [9.17, 15) is 4.39 Å². The molecule has 8 heteroatoms. The fourth-order valence-electron chi connectivity index (χ4n) is 2.51. The van der Waals surface area contributed by atoms with Gasteiger partial charge in [-0.15, -0.1) is 11.3 Å². The molecule has 21 heavy (non-hydrogen) atoms. The minimum Gasteiger partial charge on any atom is -0.359 e. The van der Waals surface area contributed by atoms with E-state index < -0.39 is 6.17 Å². The Morgan fingerprint density at radius 2 is 2.43 bits per heavy atom. The van der Waals surface area contributed by atoms with Gasteiger partial charge in [-0.1, -0.05) is 6.92 Å². The number of hydrogen-bond acceptors (Lipinski definition) is 7. The van der Waals surface area contributed by atoms with Crippen LogP contribution < -0.4 is 5.32 Å². The summed E-state index contributed by atoms with van der Waals surface area (Å²) in [5, 5.41) is 7.11. The predicted molar refractivity (Wildman–Crippen MR) is 83.6 cm³/mol. The van der Waals surface area contributed by atoms with Gasteiger partial charge in [-0.3, -0.25) is 4.90 Å². The van der Waals surface area contributed by atoms with Gasteiger partial charge in [0.2, 0.25) is 5.13 Å². The standard InChI is InChI=1S/C13H18FN5S2/c1-2-11-17-13(21-18-11)16-6-10-5-9(14)7-19(10)8-12-15-3-4-20-12/h3-4,9-10H,2,5-8H2,1H3,(H,16,17,18)/t9-,10-/m0/s1. The van der Waals surface area contributed by atoms with Crippen molar-refractivity contribution in [1.29, 1.82) is 0 Å². The molecule has 1 saturated heterocycles. The summed E-state index contributed by atoms with van der Waals surface area (Å²) in [6, 6.07) is 0.179. The normalized spacial score (nSPS) is 22.8. The Hall–Kier alpha value is -1.12. The van der Waals surface area contributed by atoms with Crippen molar-refractivity contribution in [2.75, 3.05) is 18.4 Å². The highest BCUT2D eigenvalue weighted by Crippen LogP contribution is 2.24. The van der Waals surface area contributed by atoms with E-state index in [1.54, 1.807) is 17.5 Å². The Balaban J connectivity index is 1.57. The van der Waals surface area contributed by atoms with Gasteiger partial charge in [0.1, 0.15) is 17.0 Å². The van der Waals surface area contributed by atoms with Gasteiger partial charge in [0.15, 0.2) is 0 Å². The van der Waals surface area contributed by atoms with Crippen LogP contribution in [0.2, 0.25) is 0 Å². The van der Waals surface area contributed by atoms with Crippen LogP contribution in [-0.4, -0.2) is 44.5 Å². The molecule has 0 saturated carbocycles. The van der Waals surface area contributed by atoms with Gasteiger partial charge in [-0.05, 0) is 6.42 Å². The van der Waals surface area contributed by atoms with Crippen molar-refractivity contribution in [3.05, 3.63) is 22.4 Å². The molecular weight excluding hydrogens is 309 g/mol. The molecule has 0 unspecified atom stereocenters. The van der Waals surface area contributed by atoms with E-state index in [-0.39, 0.29) is 6.04 Å². The summed E-state index contributed by atoms with van der Waals surface area (Å²) in [5.74, 6) is 0.858. The Morgan fingerprint density at radius 3 is 3.14 bits per heavy atom. The lowest BCUT2D eigenvalue weighted by Crippen LogP contribution is -2.34. The number of alkyl halides is 1. The molecule has 3 rings (SSSR count). The summed E-state index contributed by atoms with van der Waals surface area (Å²) in [4.78, 5) is 10.8. The van der Waals surface area contributed by atoms with Gasteiger partial charge in [-0.25, -0.2) is 14.4 Å². The lowest BCUT2D eigenvalue weighted by atomic mass is 10.2. The van der Waals surface area contributed by atoms with Crippen LogP contribution in [0.15, 0.2) is 11.6 Å². The van der Waals surface area contributed by atoms with Crippen LogP contribution in [0.4, 0.5) is 9.52 Å². The van der Waals surface area contributed by atoms with Crippen LogP contribution >= 0.6 is 22.9 Å². The Morgan fingerprint density at radius 1 is 1.52 bits per heavy atom. The average Bonchev–Trinajstić information content (AvgIpc) is 3.18. The molecule has 1 fully saturated rings. The summed E-state index contributed by atoms with van der Waals surface area (Å²) < 4.78 is 18.0. The minimum absolute atomic E-state index is 0.179. The van der Waals surface area contributed by atoms with Crippen LogP contribution in [0.25, 0.3) is 0 Å². The first kappa shape index (κ1) is 14.8. The maximum atomic E-state index is 13.7. The molecule has 2 aromatic rings. The second-order valence-electron chi connectivity index (χ2n) is 5.09. The fraction of sp³-hybridized carbons (Fsp3) is 0.615. The summed E-state index contributed by atoms with van der Waals surface area (Å²) in [6.07, 6.45) is 2.45. The van der Waals surface area contributed by atoms with E-state index >= 15 is 0 Å². The molecule has 1 aliphatic heterocycles. The first-order valence-electron chi connectivity index (χ1n) is 7.07. The molecule has 0 aromatic carbocycles. The number of likely N-dealkylation sites (tertiary alicyclic amines) is 1. The largest absolute Gasteiger partial charge is 0.359 e. The maximum absolute atomic E-state index is 13.7. The molecule has 5 nitrogen and oxygen atoms in total. The van der Waals surface area contributed by atoms with Crippen LogP contribution in [0, 0.1) is 0 Å². The summed E-state index contributed by atoms with van der Waals surface area (Å²) in [6.45, 7) is 3.94. The molecule has 0 aliphatic carbocycles. The van der Waals surface area contributed by atoms with E-state index in [0.29, 0.717) is 19.5 Å². The van der Waals surface area contributed by atoms with Crippen molar-refractivity contribution in [3.63, 3.8) is 0 Å². The molecule has 3 heterocycles. The second-order valence-corrected chi connectivity index (χ2v) is 6.82. The number of hydrogen-bond donors (Lipinski definition) is 1. The third-order valence-electron chi connectivity index (χ3n) is 3.57. The van der Waals surface area contributed by atoms with Gasteiger partial charge in [0.05, 0.1) is 6.54 Å². The number of anilines is 1. The van der Waals surface area contributed by atoms with Crippen LogP contribution in [0.1, 0.15) is 24.2 Å². The molecule has 2 atom stereocenters. The molecule has 0 bridgehead atoms. The molecule has 0 amide bonds. The maximum Gasteiger partial charge on any atom is 0.202 e. The SMILES string of the molecule is CCc1nsc(NC[C@@H]2C[C@H](F)CN2Cc2nccs2)n1. The quantitative estimate of drug-likeness (QED) is 0.884. The van der Waals surface area contributed by atoms with Gasteiger partial charge in [0.25, 0.3) is 0 Å². The number of aromatic nitrogens is 3. The summed E-state index contributed by atoms with van der Waals surface area (Å²) in [5.41, 5.74) is 0. The number of thiazole rings is 1. The second kappa shape index (κ2) is 6.76. The fourth-order valence-corrected chi connectivity index (χ4v) is 3.80. The van der Waals surface area contributed by atoms with Gasteiger partial charge in [0, 0.05) is 48.7 Å². The zero-order chi connectivity index (χ0) is 14.7. The monoisotopic (exact) mass is 327 g/mol. The van der Waals surface area contributed by atoms with Crippen LogP contribution in [0.5, 0.6) is 0 Å². The summed E-state index contributed by atoms with van der Waals surface area (Å²) >= 11 is 2.99. The van der Waals surface area contributed by atoms with E-state index in [1.807, 2.05) is 12.3 Å². The third kappa shape index (κ3) is 3.75. The van der Waals surface area contributed by atoms with E-state index in [2.05, 4.69) is 24.6 Å². The predicted octanol–water partition coefficient (Wildman–Crippen LogP) is 2.58. The van der Waals surface area contributed by atoms with Crippen LogP contribution in [-0.2, 0) is 13.0 Å². The van der Waals surface area contributed by atoms with Gasteiger partial charge < -0.3 is 5.32 Å². The number of rotatable bonds is 6. The Kier molecular flexibility index (Phi) is 4.77. The first-order valence-corrected chi connectivity index (χ1v) is 8.73. The third-order valence-corrected chi connectivity index (χ3v) is 5.05. The Bertz CT molecular complexity index is 559. The molecule has 114 valence electrons. The van der Waals surface area contributed by atoms with Crippen LogP contribution in [0.3, 0.4) is 0 Å². The molecule has 1 N–H and O–H groups in total. The number of halogens is 1. The molecular formula is C13H18FN5S2. The molecule has 0 spiro atoms. The van der Waals surface area contributed by atoms with Gasteiger partial charge in [-0.2, -0.15) is 4.37 Å². The van der Waals surface area contributed by atoms with Crippen molar-refractivity contribution in [2.24, 2.45) is 0 Å². The minimum atomic E-state index is -0.752. The van der Waals surface area contributed by atoms with E-state index in [1.165, 1.54) is 11.5 Å². The van der Waals surface area contributed by atoms with E-state index in [4.69, 9.17) is 0 Å². The molecule has 2 aromatic heterocycles. The summed E-state index contributed by atoms with van der Waals surface area (Å²) in [7, 11) is 0. The molecule has 0 radical (unpaired) electrons. The lowest BCUT2D eigenvalue weighted by molar-refractivity contribution is 0.241. The number of aryl methyl sites for hydroxylation is 1. The lowest BCUT2D eigenvalue weighted by Gasteiger charge is -2.22. The highest BCUT2D eigenvalue weighted by atomic mass is 32.1. The first-order chi connectivity index (χ1) is 10.2. The highest BCUT2D eigenvalue weighted by Gasteiger charge is 2.32. The van der Waals surface area contributed by atoms with E-state index in [0.717, 1.165) is 28.9 Å². The number of nitrogens with one attached hydrogen (secondary N) is 1. The zero-order valence-electron chi connectivity index (χ0n) is 11.8. The zero-order valence-corrected chi connectivity index (χ0v) is 13.5. The topological polar surface area (TPSA) is 53.9 Å². The van der Waals surface area contributed by atoms with Crippen molar-refractivity contribution in [1.82, 2.24) is 19.2 Å². The van der Waals surface area contributed by atoms with Crippen molar-refractivity contribution in [3.8, 4) is 0 Å². The highest BCUT2D eigenvalue weighted by molar-refractivity contribution is 7.09. The smallest absolute Gasteiger partial charge is 0.202 e. The molecule has 1 aliphatic rings. The average molecular weight is 327 g/mol. The van der Waals surface area contributed by atoms with Crippen molar-refractivity contribution >= 4 is 28.0 Å². The van der Waals surface area contributed by atoms with Crippen molar-refractivity contribution in [2.45, 2.75) is 38.5 Å². The van der Waals surface area contributed by atoms with Crippen molar-refractivity contribution < 1.29 is 4.39 Å². The number of nitrogens with zero attached hydrogens (tertiary/aromatic N) is 4. The van der Waals surface area contributed by atoms with Gasteiger partial charge >= 0.3 is 0 Å².